The van der Waals surface area contributed by atoms with Gasteiger partial charge in [0.2, 0.25) is 0 Å². The van der Waals surface area contributed by atoms with E-state index >= 15 is 0 Å². The first-order chi connectivity index (χ1) is 19.2. The second kappa shape index (κ2) is 7.79. The van der Waals surface area contributed by atoms with E-state index in [1.165, 1.54) is 77.9 Å². The van der Waals surface area contributed by atoms with Crippen LogP contribution >= 0.6 is 0 Å². The molecular weight excluding hydrogens is 484 g/mol. The molecule has 0 bridgehead atoms. The SMILES string of the molecule is Cc1cc(C)cc(N(C2=CC=CCC2)c2cc3c4c(c2)c2cccc5c2n4-c2c(cccc2C3(C)C)C5(C)C)c1. The predicted molar refractivity (Wildman–Crippen MR) is 170 cm³/mol. The van der Waals surface area contributed by atoms with Crippen LogP contribution in [0.5, 0.6) is 0 Å². The van der Waals surface area contributed by atoms with Gasteiger partial charge in [-0.1, -0.05) is 82.3 Å². The van der Waals surface area contributed by atoms with Crippen molar-refractivity contribution >= 4 is 33.2 Å². The molecule has 2 aliphatic heterocycles. The van der Waals surface area contributed by atoms with Crippen molar-refractivity contribution in [3.8, 4) is 5.69 Å². The van der Waals surface area contributed by atoms with Gasteiger partial charge in [-0.3, -0.25) is 0 Å². The summed E-state index contributed by atoms with van der Waals surface area (Å²) in [5.74, 6) is 0. The fraction of sp³-hybridized carbons (Fsp3) is 0.263. The lowest BCUT2D eigenvalue weighted by Gasteiger charge is -2.42. The number of nitrogens with zero attached hydrogens (tertiary/aromatic N) is 2. The van der Waals surface area contributed by atoms with Gasteiger partial charge in [-0.05, 0) is 90.4 Å². The fourth-order valence-corrected chi connectivity index (χ4v) is 7.93. The van der Waals surface area contributed by atoms with Crippen molar-refractivity contribution in [2.45, 2.75) is 65.2 Å². The topological polar surface area (TPSA) is 8.17 Å². The second-order valence-corrected chi connectivity index (χ2v) is 13.2. The van der Waals surface area contributed by atoms with E-state index in [1.54, 1.807) is 0 Å². The minimum Gasteiger partial charge on any atom is -0.314 e. The smallest absolute Gasteiger partial charge is 0.0583 e. The number of aryl methyl sites for hydroxylation is 2. The molecule has 0 atom stereocenters. The Morgan fingerprint density at radius 3 is 2.00 bits per heavy atom. The van der Waals surface area contributed by atoms with E-state index in [0.717, 1.165) is 12.8 Å². The van der Waals surface area contributed by atoms with Gasteiger partial charge >= 0.3 is 0 Å². The lowest BCUT2D eigenvalue weighted by atomic mass is 9.68. The number of hydrogen-bond donors (Lipinski definition) is 0. The van der Waals surface area contributed by atoms with Crippen LogP contribution in [0.3, 0.4) is 0 Å². The molecule has 0 radical (unpaired) electrons. The third kappa shape index (κ3) is 2.94. The highest BCUT2D eigenvalue weighted by Crippen LogP contribution is 2.56. The molecule has 4 aromatic carbocycles. The lowest BCUT2D eigenvalue weighted by molar-refractivity contribution is 0.593. The van der Waals surface area contributed by atoms with Crippen LogP contribution in [-0.2, 0) is 10.8 Å². The quantitative estimate of drug-likeness (QED) is 0.230. The van der Waals surface area contributed by atoms with Gasteiger partial charge in [-0.25, -0.2) is 0 Å². The maximum absolute atomic E-state index is 2.62. The van der Waals surface area contributed by atoms with Gasteiger partial charge in [0.15, 0.2) is 0 Å². The van der Waals surface area contributed by atoms with E-state index in [9.17, 15) is 0 Å². The van der Waals surface area contributed by atoms with Crippen LogP contribution in [0.2, 0.25) is 0 Å². The highest BCUT2D eigenvalue weighted by molar-refractivity contribution is 6.15. The molecule has 2 nitrogen and oxygen atoms in total. The van der Waals surface area contributed by atoms with Crippen LogP contribution in [-0.4, -0.2) is 4.57 Å². The summed E-state index contributed by atoms with van der Waals surface area (Å²) in [6.07, 6.45) is 8.91. The van der Waals surface area contributed by atoms with E-state index < -0.39 is 0 Å². The number of para-hydroxylation sites is 2. The lowest BCUT2D eigenvalue weighted by Crippen LogP contribution is -2.33. The average Bonchev–Trinajstić information content (AvgIpc) is 3.26. The number of anilines is 2. The van der Waals surface area contributed by atoms with Gasteiger partial charge in [-0.15, -0.1) is 0 Å². The van der Waals surface area contributed by atoms with E-state index in [-0.39, 0.29) is 10.8 Å². The summed E-state index contributed by atoms with van der Waals surface area (Å²) < 4.78 is 2.62. The first-order valence-corrected chi connectivity index (χ1v) is 14.7. The molecule has 1 aromatic heterocycles. The van der Waals surface area contributed by atoms with E-state index in [1.807, 2.05) is 0 Å². The Labute approximate surface area is 237 Å². The molecule has 0 N–H and O–H groups in total. The molecule has 3 heterocycles. The minimum atomic E-state index is -0.132. The Hall–Kier alpha value is -4.04. The Kier molecular flexibility index (Phi) is 4.64. The molecule has 0 unspecified atom stereocenters. The molecule has 2 heteroatoms. The molecule has 0 spiro atoms. The zero-order valence-electron chi connectivity index (χ0n) is 24.4. The molecule has 0 saturated carbocycles. The van der Waals surface area contributed by atoms with E-state index in [4.69, 9.17) is 0 Å². The standard InChI is InChI=1S/C38H36N2/c1-23-18-24(2)20-26(19-23)39(25-12-8-7-9-13-25)27-21-29-28-14-10-15-30-34(28)40-35(29)33(22-27)38(5,6)32-17-11-16-31(36(32)40)37(30,3)4/h7-8,10-12,14-22H,9,13H2,1-6H3. The van der Waals surface area contributed by atoms with Gasteiger partial charge in [0.1, 0.15) is 0 Å². The number of fused-ring (bicyclic) bond motifs is 1. The maximum Gasteiger partial charge on any atom is 0.0583 e. The van der Waals surface area contributed by atoms with Crippen molar-refractivity contribution < 1.29 is 0 Å². The normalized spacial score (nSPS) is 17.5. The third-order valence-corrected chi connectivity index (χ3v) is 9.82. The second-order valence-electron chi connectivity index (χ2n) is 13.2. The maximum atomic E-state index is 2.62. The van der Waals surface area contributed by atoms with Crippen LogP contribution in [0.25, 0.3) is 27.5 Å². The number of hydrogen-bond acceptors (Lipinski definition) is 1. The van der Waals surface area contributed by atoms with Gasteiger partial charge in [-0.2, -0.15) is 0 Å². The van der Waals surface area contributed by atoms with Crippen molar-refractivity contribution in [3.63, 3.8) is 0 Å². The largest absolute Gasteiger partial charge is 0.314 e. The summed E-state index contributed by atoms with van der Waals surface area (Å²) >= 11 is 0. The van der Waals surface area contributed by atoms with Gasteiger partial charge in [0, 0.05) is 38.7 Å². The van der Waals surface area contributed by atoms with Crippen molar-refractivity contribution in [2.75, 3.05) is 4.90 Å². The molecular formula is C38H36N2. The summed E-state index contributed by atoms with van der Waals surface area (Å²) in [7, 11) is 0. The highest BCUT2D eigenvalue weighted by Gasteiger charge is 2.43. The zero-order valence-corrected chi connectivity index (χ0v) is 24.4. The minimum absolute atomic E-state index is 0.0595. The first-order valence-electron chi connectivity index (χ1n) is 14.7. The molecule has 1 aliphatic carbocycles. The van der Waals surface area contributed by atoms with Gasteiger partial charge in [0.25, 0.3) is 0 Å². The Bertz CT molecular complexity index is 1950. The van der Waals surface area contributed by atoms with Crippen molar-refractivity contribution in [1.29, 1.82) is 0 Å². The van der Waals surface area contributed by atoms with Crippen molar-refractivity contribution in [1.82, 2.24) is 4.57 Å². The highest BCUT2D eigenvalue weighted by atomic mass is 15.2. The van der Waals surface area contributed by atoms with E-state index in [2.05, 4.69) is 136 Å². The van der Waals surface area contributed by atoms with Gasteiger partial charge in [0.05, 0.1) is 16.7 Å². The monoisotopic (exact) mass is 520 g/mol. The number of allylic oxidation sites excluding steroid dienone is 4. The Morgan fingerprint density at radius 1 is 0.675 bits per heavy atom. The first kappa shape index (κ1) is 23.8. The number of rotatable bonds is 3. The molecule has 8 rings (SSSR count). The van der Waals surface area contributed by atoms with Crippen LogP contribution in [0.4, 0.5) is 11.4 Å². The van der Waals surface area contributed by atoms with Crippen molar-refractivity contribution in [2.24, 2.45) is 0 Å². The molecule has 3 aliphatic rings. The average molecular weight is 521 g/mol. The van der Waals surface area contributed by atoms with Crippen LogP contribution in [0.1, 0.15) is 73.9 Å². The van der Waals surface area contributed by atoms with Crippen LogP contribution in [0.15, 0.2) is 90.7 Å². The number of benzene rings is 4. The molecule has 0 fully saturated rings. The van der Waals surface area contributed by atoms with Crippen LogP contribution in [0, 0.1) is 13.8 Å². The summed E-state index contributed by atoms with van der Waals surface area (Å²) in [4.78, 5) is 2.53. The van der Waals surface area contributed by atoms with Crippen LogP contribution < -0.4 is 4.90 Å². The molecule has 0 saturated heterocycles. The fourth-order valence-electron chi connectivity index (χ4n) is 7.93. The summed E-state index contributed by atoms with van der Waals surface area (Å²) in [5.41, 5.74) is 16.1. The summed E-state index contributed by atoms with van der Waals surface area (Å²) in [6.45, 7) is 14.1. The zero-order chi connectivity index (χ0) is 27.6. The van der Waals surface area contributed by atoms with E-state index in [0.29, 0.717) is 0 Å². The summed E-state index contributed by atoms with van der Waals surface area (Å²) in [6, 6.07) is 25.9. The molecule has 5 aromatic rings. The third-order valence-electron chi connectivity index (χ3n) is 9.82. The molecule has 0 amide bonds. The van der Waals surface area contributed by atoms with Gasteiger partial charge < -0.3 is 9.47 Å². The summed E-state index contributed by atoms with van der Waals surface area (Å²) in [5, 5.41) is 2.72. The number of aromatic nitrogens is 1. The predicted octanol–water partition coefficient (Wildman–Crippen LogP) is 10.1. The van der Waals surface area contributed by atoms with Crippen molar-refractivity contribution in [3.05, 3.63) is 124 Å². The molecule has 40 heavy (non-hydrogen) atoms. The Morgan fingerprint density at radius 2 is 1.30 bits per heavy atom. The Balaban J connectivity index is 1.53. The molecule has 198 valence electrons.